The Labute approximate surface area is 249 Å². The van der Waals surface area contributed by atoms with E-state index < -0.39 is 0 Å². The summed E-state index contributed by atoms with van der Waals surface area (Å²) in [5.41, 5.74) is 5.40. The highest BCUT2D eigenvalue weighted by atomic mass is 35.5. The topological polar surface area (TPSA) is 90.6 Å². The normalized spacial score (nSPS) is 13.8. The van der Waals surface area contributed by atoms with Gasteiger partial charge in [-0.05, 0) is 66.4 Å². The van der Waals surface area contributed by atoms with Crippen LogP contribution in [0.5, 0.6) is 11.5 Å². The van der Waals surface area contributed by atoms with Crippen LogP contribution in [0.15, 0.2) is 83.1 Å². The third kappa shape index (κ3) is 7.68. The van der Waals surface area contributed by atoms with Gasteiger partial charge in [0.2, 0.25) is 0 Å². The van der Waals surface area contributed by atoms with Gasteiger partial charge in [-0.3, -0.25) is 9.36 Å². The Bertz CT molecular complexity index is 1470. The maximum Gasteiger partial charge on any atom is 0.250 e. The molecule has 1 saturated carbocycles. The van der Waals surface area contributed by atoms with Gasteiger partial charge in [0.25, 0.3) is 5.91 Å². The number of benzene rings is 3. The number of thioether (sulfide) groups is 1. The first-order chi connectivity index (χ1) is 20.1. The summed E-state index contributed by atoms with van der Waals surface area (Å²) < 4.78 is 13.6. The highest BCUT2D eigenvalue weighted by Gasteiger charge is 2.24. The van der Waals surface area contributed by atoms with Gasteiger partial charge in [0.15, 0.2) is 22.5 Å². The lowest BCUT2D eigenvalue weighted by molar-refractivity contribution is -0.118. The number of hydrazone groups is 1. The predicted molar refractivity (Wildman–Crippen MR) is 163 cm³/mol. The number of amides is 1. The van der Waals surface area contributed by atoms with Crippen molar-refractivity contribution in [3.8, 4) is 22.9 Å². The second kappa shape index (κ2) is 14.2. The molecule has 0 aliphatic heterocycles. The van der Waals surface area contributed by atoms with Crippen molar-refractivity contribution in [2.75, 3.05) is 12.9 Å². The summed E-state index contributed by atoms with van der Waals surface area (Å²) >= 11 is 7.47. The van der Waals surface area contributed by atoms with E-state index in [1.807, 2.05) is 72.8 Å². The van der Waals surface area contributed by atoms with Gasteiger partial charge >= 0.3 is 0 Å². The highest BCUT2D eigenvalue weighted by molar-refractivity contribution is 7.99. The number of ether oxygens (including phenoxy) is 2. The first-order valence-electron chi connectivity index (χ1n) is 13.6. The van der Waals surface area contributed by atoms with Crippen LogP contribution in [0, 0.1) is 0 Å². The Morgan fingerprint density at radius 2 is 1.83 bits per heavy atom. The van der Waals surface area contributed by atoms with Crippen molar-refractivity contribution in [2.45, 2.75) is 49.9 Å². The maximum absolute atomic E-state index is 12.7. The van der Waals surface area contributed by atoms with Crippen molar-refractivity contribution >= 4 is 35.5 Å². The summed E-state index contributed by atoms with van der Waals surface area (Å²) in [7, 11) is 1.60. The maximum atomic E-state index is 12.7. The Hall–Kier alpha value is -3.82. The minimum Gasteiger partial charge on any atom is -0.493 e. The van der Waals surface area contributed by atoms with Crippen LogP contribution in [0.4, 0.5) is 0 Å². The van der Waals surface area contributed by atoms with Crippen molar-refractivity contribution in [3.05, 3.63) is 88.9 Å². The van der Waals surface area contributed by atoms with Crippen LogP contribution in [0.25, 0.3) is 11.4 Å². The van der Waals surface area contributed by atoms with Crippen LogP contribution in [-0.2, 0) is 11.4 Å². The van der Waals surface area contributed by atoms with Crippen molar-refractivity contribution in [3.63, 3.8) is 0 Å². The summed E-state index contributed by atoms with van der Waals surface area (Å²) in [5, 5.41) is 14.5. The van der Waals surface area contributed by atoms with Crippen LogP contribution >= 0.6 is 23.4 Å². The molecule has 0 atom stereocenters. The lowest BCUT2D eigenvalue weighted by atomic mass is 9.95. The van der Waals surface area contributed by atoms with Gasteiger partial charge in [-0.15, -0.1) is 10.2 Å². The molecular formula is C31H32ClN5O3S. The van der Waals surface area contributed by atoms with Crippen LogP contribution in [0.2, 0.25) is 5.02 Å². The molecule has 1 amide bonds. The molecule has 5 rings (SSSR count). The number of methoxy groups -OCH3 is 1. The number of nitrogens with zero attached hydrogens (tertiary/aromatic N) is 4. The Morgan fingerprint density at radius 1 is 1.05 bits per heavy atom. The zero-order chi connectivity index (χ0) is 28.4. The molecule has 212 valence electrons. The third-order valence-electron chi connectivity index (χ3n) is 6.87. The molecule has 1 heterocycles. The summed E-state index contributed by atoms with van der Waals surface area (Å²) in [6, 6.07) is 23.3. The molecule has 10 heteroatoms. The summed E-state index contributed by atoms with van der Waals surface area (Å²) in [5.74, 6) is 1.96. The average Bonchev–Trinajstić information content (AvgIpc) is 3.44. The van der Waals surface area contributed by atoms with E-state index in [2.05, 4.69) is 25.3 Å². The van der Waals surface area contributed by atoms with Gasteiger partial charge in [-0.25, -0.2) is 5.43 Å². The Balaban J connectivity index is 1.21. The third-order valence-corrected chi connectivity index (χ3v) is 8.06. The Morgan fingerprint density at radius 3 is 2.59 bits per heavy atom. The minimum absolute atomic E-state index is 0.164. The molecule has 0 spiro atoms. The number of aromatic nitrogens is 3. The zero-order valence-corrected chi connectivity index (χ0v) is 24.4. The fourth-order valence-corrected chi connectivity index (χ4v) is 5.73. The van der Waals surface area contributed by atoms with Crippen LogP contribution < -0.4 is 14.9 Å². The van der Waals surface area contributed by atoms with E-state index in [1.54, 1.807) is 13.3 Å². The molecule has 8 nitrogen and oxygen atoms in total. The van der Waals surface area contributed by atoms with E-state index in [0.29, 0.717) is 29.2 Å². The first kappa shape index (κ1) is 28.7. The first-order valence-corrected chi connectivity index (χ1v) is 15.0. The number of hydrogen-bond acceptors (Lipinski definition) is 7. The largest absolute Gasteiger partial charge is 0.493 e. The fourth-order valence-electron chi connectivity index (χ4n) is 4.80. The number of carbonyl (C=O) groups is 1. The molecule has 0 bridgehead atoms. The Kier molecular flexibility index (Phi) is 9.93. The van der Waals surface area contributed by atoms with Crippen LogP contribution in [0.1, 0.15) is 49.3 Å². The predicted octanol–water partition coefficient (Wildman–Crippen LogP) is 6.93. The van der Waals surface area contributed by atoms with Gasteiger partial charge < -0.3 is 9.47 Å². The lowest BCUT2D eigenvalue weighted by Gasteiger charge is -2.25. The average molecular weight is 590 g/mol. The second-order valence-electron chi connectivity index (χ2n) is 9.74. The minimum atomic E-state index is -0.230. The van der Waals surface area contributed by atoms with E-state index in [-0.39, 0.29) is 11.7 Å². The van der Waals surface area contributed by atoms with E-state index in [9.17, 15) is 4.79 Å². The summed E-state index contributed by atoms with van der Waals surface area (Å²) in [4.78, 5) is 12.7. The number of halogens is 1. The zero-order valence-electron chi connectivity index (χ0n) is 22.8. The summed E-state index contributed by atoms with van der Waals surface area (Å²) in [6.07, 6.45) is 7.32. The molecule has 3 aromatic carbocycles. The van der Waals surface area contributed by atoms with Gasteiger partial charge in [0.1, 0.15) is 6.61 Å². The van der Waals surface area contributed by atoms with Gasteiger partial charge in [-0.2, -0.15) is 5.10 Å². The molecule has 1 aromatic heterocycles. The molecule has 4 aromatic rings. The van der Waals surface area contributed by atoms with E-state index in [0.717, 1.165) is 40.5 Å². The molecule has 0 unspecified atom stereocenters. The lowest BCUT2D eigenvalue weighted by Crippen LogP contribution is -2.20. The monoisotopic (exact) mass is 589 g/mol. The van der Waals surface area contributed by atoms with Crippen molar-refractivity contribution < 1.29 is 14.3 Å². The van der Waals surface area contributed by atoms with Crippen molar-refractivity contribution in [2.24, 2.45) is 5.10 Å². The number of nitrogens with one attached hydrogen (secondary N) is 1. The smallest absolute Gasteiger partial charge is 0.250 e. The van der Waals surface area contributed by atoms with Crippen molar-refractivity contribution in [1.29, 1.82) is 0 Å². The standard InChI is InChI=1S/C31H32ClN5O3S/c1-39-27-17-12-23(18-28(27)40-20-22-8-4-2-5-9-22)19-33-34-29(38)21-41-31-36-35-30(24-13-15-25(32)16-14-24)37(31)26-10-6-3-7-11-26/h2,4-5,8-9,12-19,26H,3,6-7,10-11,20-21H2,1H3,(H,34,38). The van der Waals surface area contributed by atoms with E-state index in [1.165, 1.54) is 31.0 Å². The SMILES string of the molecule is COc1ccc(C=NNC(=O)CSc2nnc(-c3ccc(Cl)cc3)n2C2CCCCC2)cc1OCc1ccccc1. The molecule has 1 N–H and O–H groups in total. The van der Waals surface area contributed by atoms with Gasteiger partial charge in [0, 0.05) is 16.6 Å². The molecule has 1 aliphatic rings. The van der Waals surface area contributed by atoms with Crippen LogP contribution in [0.3, 0.4) is 0 Å². The number of rotatable bonds is 11. The molecule has 1 fully saturated rings. The second-order valence-corrected chi connectivity index (χ2v) is 11.1. The quantitative estimate of drug-likeness (QED) is 0.116. The molecule has 0 radical (unpaired) electrons. The van der Waals surface area contributed by atoms with Crippen molar-refractivity contribution in [1.82, 2.24) is 20.2 Å². The fraction of sp³-hybridized carbons (Fsp3) is 0.290. The molecule has 41 heavy (non-hydrogen) atoms. The van der Waals surface area contributed by atoms with E-state index >= 15 is 0 Å². The summed E-state index contributed by atoms with van der Waals surface area (Å²) in [6.45, 7) is 0.414. The number of carbonyl (C=O) groups excluding carboxylic acids is 1. The highest BCUT2D eigenvalue weighted by Crippen LogP contribution is 2.36. The van der Waals surface area contributed by atoms with E-state index in [4.69, 9.17) is 21.1 Å². The number of hydrogen-bond donors (Lipinski definition) is 1. The molecule has 0 saturated heterocycles. The van der Waals surface area contributed by atoms with Gasteiger partial charge in [-0.1, -0.05) is 73.0 Å². The van der Waals surface area contributed by atoms with Crippen LogP contribution in [-0.4, -0.2) is 39.7 Å². The molecular weight excluding hydrogens is 558 g/mol. The molecule has 1 aliphatic carbocycles. The van der Waals surface area contributed by atoms with Gasteiger partial charge in [0.05, 0.1) is 19.1 Å².